The Morgan fingerprint density at radius 3 is 1.46 bits per heavy atom. The zero-order valence-corrected chi connectivity index (χ0v) is 31.2. The molecule has 11 rings (SSSR count). The van der Waals surface area contributed by atoms with Gasteiger partial charge in [0, 0.05) is 26.5 Å². The summed E-state index contributed by atoms with van der Waals surface area (Å²) < 4.78 is 0. The Kier molecular flexibility index (Phi) is 7.68. The molecular weight excluding hydrogens is 697 g/mol. The highest BCUT2D eigenvalue weighted by Gasteiger charge is 2.50. The van der Waals surface area contributed by atoms with Gasteiger partial charge < -0.3 is 0 Å². The molecule has 3 heteroatoms. The van der Waals surface area contributed by atoms with Gasteiger partial charge in [-0.3, -0.25) is 0 Å². The molecule has 1 spiro atoms. The monoisotopic (exact) mass is 730 g/mol. The van der Waals surface area contributed by atoms with E-state index in [4.69, 9.17) is 9.97 Å². The van der Waals surface area contributed by atoms with Crippen LogP contribution >= 0.6 is 11.8 Å². The molecule has 0 fully saturated rings. The molecular formula is C53H34N2S. The highest BCUT2D eigenvalue weighted by atomic mass is 32.2. The Morgan fingerprint density at radius 1 is 0.321 bits per heavy atom. The van der Waals surface area contributed by atoms with Crippen LogP contribution in [0.25, 0.3) is 67.3 Å². The van der Waals surface area contributed by atoms with E-state index in [1.807, 2.05) is 23.9 Å². The van der Waals surface area contributed by atoms with E-state index in [1.54, 1.807) is 0 Å². The number of rotatable bonds is 5. The predicted molar refractivity (Wildman–Crippen MR) is 231 cm³/mol. The van der Waals surface area contributed by atoms with E-state index in [2.05, 4.69) is 194 Å². The lowest BCUT2D eigenvalue weighted by molar-refractivity contribution is 0.723. The van der Waals surface area contributed by atoms with Crippen LogP contribution in [0.1, 0.15) is 22.3 Å². The molecule has 0 saturated carbocycles. The fourth-order valence-electron chi connectivity index (χ4n) is 8.88. The Labute approximate surface area is 331 Å². The second-order valence-electron chi connectivity index (χ2n) is 14.5. The number of benzene rings is 8. The Balaban J connectivity index is 1.000. The molecule has 2 heterocycles. The van der Waals surface area contributed by atoms with Crippen molar-refractivity contribution in [3.05, 3.63) is 229 Å². The van der Waals surface area contributed by atoms with Gasteiger partial charge in [-0.25, -0.2) is 9.97 Å². The van der Waals surface area contributed by atoms with Gasteiger partial charge in [-0.05, 0) is 73.8 Å². The maximum absolute atomic E-state index is 5.09. The number of aromatic nitrogens is 2. The molecule has 0 unspecified atom stereocenters. The van der Waals surface area contributed by atoms with Crippen LogP contribution in [0, 0.1) is 0 Å². The van der Waals surface area contributed by atoms with Gasteiger partial charge in [-0.1, -0.05) is 200 Å². The standard InChI is InChI=1S/C53H34N2S/c1-3-15-37(16-4-1)48-34-49(38-17-5-2-6-18-38)55-52(54-48)40-20-13-19-39(33-40)35-29-31-36(32-30-35)41-23-14-27-47-51(41)56-50-28-12-11-26-46(50)53(47)44-24-9-7-21-42(44)43-22-8-10-25-45(43)53/h1-34H. The summed E-state index contributed by atoms with van der Waals surface area (Å²) in [6.07, 6.45) is 0. The molecule has 56 heavy (non-hydrogen) atoms. The molecule has 9 aromatic rings. The minimum atomic E-state index is -0.388. The van der Waals surface area contributed by atoms with Gasteiger partial charge in [0.25, 0.3) is 0 Å². The van der Waals surface area contributed by atoms with Crippen molar-refractivity contribution >= 4 is 11.8 Å². The van der Waals surface area contributed by atoms with Crippen molar-refractivity contribution in [2.45, 2.75) is 15.2 Å². The molecule has 2 aliphatic rings. The summed E-state index contributed by atoms with van der Waals surface area (Å²) >= 11 is 1.90. The lowest BCUT2D eigenvalue weighted by Crippen LogP contribution is -2.32. The molecule has 2 nitrogen and oxygen atoms in total. The average Bonchev–Trinajstić information content (AvgIpc) is 3.57. The van der Waals surface area contributed by atoms with Gasteiger partial charge in [0.15, 0.2) is 5.82 Å². The lowest BCUT2D eigenvalue weighted by Gasteiger charge is -2.40. The Bertz CT molecular complexity index is 2830. The van der Waals surface area contributed by atoms with Gasteiger partial charge in [0.05, 0.1) is 16.8 Å². The van der Waals surface area contributed by atoms with Gasteiger partial charge >= 0.3 is 0 Å². The first-order valence-electron chi connectivity index (χ1n) is 19.1. The number of nitrogens with zero attached hydrogens (tertiary/aromatic N) is 2. The quantitative estimate of drug-likeness (QED) is 0.176. The van der Waals surface area contributed by atoms with Gasteiger partial charge in [0.2, 0.25) is 0 Å². The average molecular weight is 731 g/mol. The first-order valence-corrected chi connectivity index (χ1v) is 19.9. The van der Waals surface area contributed by atoms with E-state index in [1.165, 1.54) is 54.3 Å². The Morgan fingerprint density at radius 2 is 0.804 bits per heavy atom. The van der Waals surface area contributed by atoms with E-state index >= 15 is 0 Å². The third-order valence-corrected chi connectivity index (χ3v) is 12.6. The fourth-order valence-corrected chi connectivity index (χ4v) is 10.2. The van der Waals surface area contributed by atoms with Crippen molar-refractivity contribution in [1.29, 1.82) is 0 Å². The van der Waals surface area contributed by atoms with Crippen LogP contribution in [0.2, 0.25) is 0 Å². The van der Waals surface area contributed by atoms with Crippen LogP contribution in [0.15, 0.2) is 216 Å². The van der Waals surface area contributed by atoms with Crippen LogP contribution in [-0.2, 0) is 5.41 Å². The maximum Gasteiger partial charge on any atom is 0.160 e. The van der Waals surface area contributed by atoms with Gasteiger partial charge in [-0.2, -0.15) is 0 Å². The van der Waals surface area contributed by atoms with E-state index in [9.17, 15) is 0 Å². The minimum Gasteiger partial charge on any atom is -0.228 e. The van der Waals surface area contributed by atoms with Crippen molar-refractivity contribution in [3.63, 3.8) is 0 Å². The van der Waals surface area contributed by atoms with Crippen LogP contribution in [-0.4, -0.2) is 9.97 Å². The number of hydrogen-bond donors (Lipinski definition) is 0. The molecule has 0 bridgehead atoms. The molecule has 0 atom stereocenters. The van der Waals surface area contributed by atoms with E-state index in [0.29, 0.717) is 5.82 Å². The molecule has 0 radical (unpaired) electrons. The van der Waals surface area contributed by atoms with Crippen LogP contribution in [0.4, 0.5) is 0 Å². The van der Waals surface area contributed by atoms with Crippen molar-refractivity contribution in [3.8, 4) is 67.3 Å². The molecule has 1 aliphatic carbocycles. The summed E-state index contributed by atoms with van der Waals surface area (Å²) in [4.78, 5) is 12.8. The predicted octanol–water partition coefficient (Wildman–Crippen LogP) is 13.6. The third-order valence-electron chi connectivity index (χ3n) is 11.4. The van der Waals surface area contributed by atoms with Gasteiger partial charge in [0.1, 0.15) is 0 Å². The largest absolute Gasteiger partial charge is 0.228 e. The summed E-state index contributed by atoms with van der Waals surface area (Å²) in [5, 5.41) is 0. The lowest BCUT2D eigenvalue weighted by atomic mass is 9.67. The fraction of sp³-hybridized carbons (Fsp3) is 0.0189. The summed E-state index contributed by atoms with van der Waals surface area (Å²) in [6.45, 7) is 0. The third kappa shape index (κ3) is 5.12. The second-order valence-corrected chi connectivity index (χ2v) is 15.5. The molecule has 262 valence electrons. The highest BCUT2D eigenvalue weighted by Crippen LogP contribution is 2.63. The number of fused-ring (bicyclic) bond motifs is 9. The van der Waals surface area contributed by atoms with E-state index in [0.717, 1.165) is 39.2 Å². The highest BCUT2D eigenvalue weighted by molar-refractivity contribution is 7.99. The SMILES string of the molecule is c1ccc(-c2cc(-c3ccccc3)nc(-c3cccc(-c4ccc(-c5cccc6c5Sc5ccccc5C65c6ccccc6-c6ccccc65)cc4)c3)n2)cc1. The smallest absolute Gasteiger partial charge is 0.160 e. The molecule has 1 aliphatic heterocycles. The zero-order chi connectivity index (χ0) is 37.1. The number of hydrogen-bond acceptors (Lipinski definition) is 3. The summed E-state index contributed by atoms with van der Waals surface area (Å²) in [5.41, 5.74) is 17.3. The zero-order valence-electron chi connectivity index (χ0n) is 30.4. The van der Waals surface area contributed by atoms with E-state index < -0.39 is 0 Å². The molecule has 0 N–H and O–H groups in total. The van der Waals surface area contributed by atoms with Crippen molar-refractivity contribution in [2.75, 3.05) is 0 Å². The summed E-state index contributed by atoms with van der Waals surface area (Å²) in [5.74, 6) is 0.709. The van der Waals surface area contributed by atoms with Crippen LogP contribution in [0.3, 0.4) is 0 Å². The molecule has 1 aromatic heterocycles. The second kappa shape index (κ2) is 13.2. The van der Waals surface area contributed by atoms with E-state index in [-0.39, 0.29) is 5.41 Å². The first kappa shape index (κ1) is 32.6. The topological polar surface area (TPSA) is 25.8 Å². The molecule has 0 amide bonds. The molecule has 8 aromatic carbocycles. The summed E-state index contributed by atoms with van der Waals surface area (Å²) in [7, 11) is 0. The van der Waals surface area contributed by atoms with Crippen LogP contribution in [0.5, 0.6) is 0 Å². The van der Waals surface area contributed by atoms with Gasteiger partial charge in [-0.15, -0.1) is 0 Å². The normalized spacial score (nSPS) is 13.1. The van der Waals surface area contributed by atoms with Crippen LogP contribution < -0.4 is 0 Å². The minimum absolute atomic E-state index is 0.388. The van der Waals surface area contributed by atoms with Crippen molar-refractivity contribution in [1.82, 2.24) is 9.97 Å². The maximum atomic E-state index is 5.09. The van der Waals surface area contributed by atoms with Crippen molar-refractivity contribution < 1.29 is 0 Å². The first-order chi connectivity index (χ1) is 27.8. The molecule has 0 saturated heterocycles. The Hall–Kier alpha value is -6.81. The van der Waals surface area contributed by atoms with Crippen molar-refractivity contribution in [2.24, 2.45) is 0 Å². The summed E-state index contributed by atoms with van der Waals surface area (Å²) in [6, 6.07) is 74.3.